The molecule has 0 aliphatic rings. The normalized spacial score (nSPS) is 11.8. The van der Waals surface area contributed by atoms with Gasteiger partial charge in [0.05, 0.1) is 6.21 Å². The van der Waals surface area contributed by atoms with Crippen LogP contribution in [0.1, 0.15) is 5.56 Å². The average Bonchev–Trinajstić information content (AvgIpc) is 3.23. The lowest BCUT2D eigenvalue weighted by Crippen LogP contribution is -1.98. The van der Waals surface area contributed by atoms with Crippen molar-refractivity contribution in [2.45, 2.75) is 0 Å². The fraction of sp³-hybridized carbons (Fsp3) is 0. The van der Waals surface area contributed by atoms with E-state index in [1.54, 1.807) is 6.21 Å². The number of para-hydroxylation sites is 2. The molecule has 0 fully saturated rings. The predicted octanol–water partition coefficient (Wildman–Crippen LogP) is 3.43. The highest BCUT2D eigenvalue weighted by Gasteiger charge is 2.08. The van der Waals surface area contributed by atoms with Crippen molar-refractivity contribution in [3.05, 3.63) is 60.3 Å². The van der Waals surface area contributed by atoms with Gasteiger partial charge in [-0.15, -0.1) is 10.2 Å². The average molecular weight is 327 g/mol. The molecule has 5 aromatic rings. The first-order valence-corrected chi connectivity index (χ1v) is 7.85. The highest BCUT2D eigenvalue weighted by molar-refractivity contribution is 6.03. The molecular weight excluding hydrogens is 314 g/mol. The molecule has 0 amide bonds. The summed E-state index contributed by atoms with van der Waals surface area (Å²) < 4.78 is 0. The standard InChI is InChI=1S/C18H13N7/c1-3-7-14-12(5-1)11(9-19-14)10-20-24-18-22-17-16(23-25-18)13-6-2-4-8-15(13)21-17/h1-10,19H,(H2,21,22,24,25). The van der Waals surface area contributed by atoms with Gasteiger partial charge in [-0.2, -0.15) is 10.1 Å². The lowest BCUT2D eigenvalue weighted by molar-refractivity contribution is 1.01. The van der Waals surface area contributed by atoms with Gasteiger partial charge in [-0.25, -0.2) is 5.43 Å². The number of benzene rings is 2. The van der Waals surface area contributed by atoms with Gasteiger partial charge in [-0.05, 0) is 12.1 Å². The highest BCUT2D eigenvalue weighted by Crippen LogP contribution is 2.21. The van der Waals surface area contributed by atoms with Gasteiger partial charge >= 0.3 is 0 Å². The summed E-state index contributed by atoms with van der Waals surface area (Å²) in [5.41, 5.74) is 7.31. The molecule has 0 atom stereocenters. The Morgan fingerprint density at radius 2 is 1.72 bits per heavy atom. The minimum absolute atomic E-state index is 0.343. The van der Waals surface area contributed by atoms with Crippen LogP contribution in [0.3, 0.4) is 0 Å². The Hall–Kier alpha value is -3.74. The Balaban J connectivity index is 1.44. The molecule has 25 heavy (non-hydrogen) atoms. The van der Waals surface area contributed by atoms with Crippen molar-refractivity contribution in [2.75, 3.05) is 5.43 Å². The molecular formula is C18H13N7. The third kappa shape index (κ3) is 2.29. The van der Waals surface area contributed by atoms with Crippen molar-refractivity contribution in [2.24, 2.45) is 5.10 Å². The number of hydrazone groups is 1. The van der Waals surface area contributed by atoms with Crippen molar-refractivity contribution in [3.8, 4) is 0 Å². The van der Waals surface area contributed by atoms with Crippen LogP contribution in [0.4, 0.5) is 5.95 Å². The van der Waals surface area contributed by atoms with Crippen LogP contribution in [0, 0.1) is 0 Å². The van der Waals surface area contributed by atoms with Crippen molar-refractivity contribution in [1.82, 2.24) is 25.1 Å². The van der Waals surface area contributed by atoms with Gasteiger partial charge in [0.25, 0.3) is 5.95 Å². The number of anilines is 1. The second-order valence-corrected chi connectivity index (χ2v) is 5.66. The first-order valence-electron chi connectivity index (χ1n) is 7.85. The third-order valence-electron chi connectivity index (χ3n) is 4.11. The first kappa shape index (κ1) is 13.7. The molecule has 0 saturated carbocycles. The number of nitrogens with zero attached hydrogens (tertiary/aromatic N) is 4. The molecule has 0 aliphatic heterocycles. The summed E-state index contributed by atoms with van der Waals surface area (Å²) >= 11 is 0. The number of aromatic nitrogens is 5. The molecule has 120 valence electrons. The lowest BCUT2D eigenvalue weighted by atomic mass is 10.2. The van der Waals surface area contributed by atoms with Gasteiger partial charge < -0.3 is 9.97 Å². The SMILES string of the molecule is C(=NNc1nnc2c(n1)[nH]c1ccccc12)c1c[nH]c2ccccc12. The summed E-state index contributed by atoms with van der Waals surface area (Å²) in [5.74, 6) is 0.343. The van der Waals surface area contributed by atoms with E-state index >= 15 is 0 Å². The van der Waals surface area contributed by atoms with Crippen molar-refractivity contribution in [1.29, 1.82) is 0 Å². The largest absolute Gasteiger partial charge is 0.361 e. The molecule has 7 nitrogen and oxygen atoms in total. The Labute approximate surface area is 141 Å². The van der Waals surface area contributed by atoms with E-state index in [0.29, 0.717) is 11.6 Å². The summed E-state index contributed by atoms with van der Waals surface area (Å²) in [5, 5.41) is 14.7. The zero-order chi connectivity index (χ0) is 16.6. The maximum Gasteiger partial charge on any atom is 0.265 e. The number of fused-ring (bicyclic) bond motifs is 4. The van der Waals surface area contributed by atoms with E-state index in [9.17, 15) is 0 Å². The molecule has 3 aromatic heterocycles. The third-order valence-corrected chi connectivity index (χ3v) is 4.11. The van der Waals surface area contributed by atoms with Crippen LogP contribution >= 0.6 is 0 Å². The Bertz CT molecular complexity index is 1230. The topological polar surface area (TPSA) is 94.6 Å². The number of aromatic amines is 2. The molecule has 3 heterocycles. The van der Waals surface area contributed by atoms with Crippen LogP contribution in [0.25, 0.3) is 33.0 Å². The van der Waals surface area contributed by atoms with Gasteiger partial charge in [-0.1, -0.05) is 36.4 Å². The van der Waals surface area contributed by atoms with Crippen LogP contribution in [0.15, 0.2) is 59.8 Å². The number of nitrogens with one attached hydrogen (secondary N) is 3. The van der Waals surface area contributed by atoms with Crippen LogP contribution in [0.2, 0.25) is 0 Å². The first-order chi connectivity index (χ1) is 12.4. The fourth-order valence-corrected chi connectivity index (χ4v) is 2.93. The number of hydrogen-bond acceptors (Lipinski definition) is 5. The molecule has 0 saturated heterocycles. The quantitative estimate of drug-likeness (QED) is 0.349. The fourth-order valence-electron chi connectivity index (χ4n) is 2.93. The lowest BCUT2D eigenvalue weighted by Gasteiger charge is -1.97. The van der Waals surface area contributed by atoms with Crippen LogP contribution in [0.5, 0.6) is 0 Å². The highest BCUT2D eigenvalue weighted by atomic mass is 15.4. The van der Waals surface area contributed by atoms with E-state index in [4.69, 9.17) is 0 Å². The summed E-state index contributed by atoms with van der Waals surface area (Å²) in [4.78, 5) is 10.9. The van der Waals surface area contributed by atoms with E-state index in [1.807, 2.05) is 54.7 Å². The van der Waals surface area contributed by atoms with Gasteiger partial charge in [0.1, 0.15) is 5.52 Å². The van der Waals surface area contributed by atoms with Crippen LogP contribution in [-0.4, -0.2) is 31.4 Å². The van der Waals surface area contributed by atoms with Crippen LogP contribution < -0.4 is 5.43 Å². The molecule has 0 unspecified atom stereocenters. The smallest absolute Gasteiger partial charge is 0.265 e. The molecule has 0 radical (unpaired) electrons. The minimum Gasteiger partial charge on any atom is -0.361 e. The van der Waals surface area contributed by atoms with E-state index < -0.39 is 0 Å². The maximum atomic E-state index is 4.43. The number of hydrogen-bond donors (Lipinski definition) is 3. The van der Waals surface area contributed by atoms with E-state index in [0.717, 1.165) is 32.9 Å². The Kier molecular flexibility index (Phi) is 2.96. The predicted molar refractivity (Wildman–Crippen MR) is 98.7 cm³/mol. The van der Waals surface area contributed by atoms with E-state index in [2.05, 4.69) is 35.7 Å². The van der Waals surface area contributed by atoms with Gasteiger partial charge in [-0.3, -0.25) is 0 Å². The van der Waals surface area contributed by atoms with Crippen molar-refractivity contribution >= 4 is 45.1 Å². The van der Waals surface area contributed by atoms with E-state index in [-0.39, 0.29) is 0 Å². The summed E-state index contributed by atoms with van der Waals surface area (Å²) in [7, 11) is 0. The second-order valence-electron chi connectivity index (χ2n) is 5.66. The van der Waals surface area contributed by atoms with Gasteiger partial charge in [0.2, 0.25) is 0 Å². The number of rotatable bonds is 3. The molecule has 2 aromatic carbocycles. The minimum atomic E-state index is 0.343. The molecule has 0 spiro atoms. The second kappa shape index (κ2) is 5.41. The summed E-state index contributed by atoms with van der Waals surface area (Å²) in [6.07, 6.45) is 3.65. The summed E-state index contributed by atoms with van der Waals surface area (Å²) in [6, 6.07) is 16.0. The molecule has 5 rings (SSSR count). The van der Waals surface area contributed by atoms with E-state index in [1.165, 1.54) is 0 Å². The zero-order valence-corrected chi connectivity index (χ0v) is 13.1. The molecule has 0 aliphatic carbocycles. The Morgan fingerprint density at radius 3 is 2.64 bits per heavy atom. The maximum absolute atomic E-state index is 4.43. The number of H-pyrrole nitrogens is 2. The molecule has 0 bridgehead atoms. The molecule has 7 heteroatoms. The van der Waals surface area contributed by atoms with Gasteiger partial charge in [0, 0.05) is 33.6 Å². The van der Waals surface area contributed by atoms with Gasteiger partial charge in [0.15, 0.2) is 5.65 Å². The monoisotopic (exact) mass is 327 g/mol. The Morgan fingerprint density at radius 1 is 0.920 bits per heavy atom. The molecule has 3 N–H and O–H groups in total. The van der Waals surface area contributed by atoms with Crippen molar-refractivity contribution < 1.29 is 0 Å². The van der Waals surface area contributed by atoms with Crippen molar-refractivity contribution in [3.63, 3.8) is 0 Å². The van der Waals surface area contributed by atoms with Crippen LogP contribution in [-0.2, 0) is 0 Å². The zero-order valence-electron chi connectivity index (χ0n) is 13.1. The summed E-state index contributed by atoms with van der Waals surface area (Å²) in [6.45, 7) is 0.